The molecule has 126 valence electrons. The standard InChI is InChI=1S/C17H18FN3O2S/c18-15-12(21-13(22)9-10-3-1-2-4-10)6-5-11(16(19)23)14(15)17-20-7-8-24-17/h5-8,10H,1-4,9H2,(H2,19,23)(H,21,22). The number of thiazole rings is 1. The normalized spacial score (nSPS) is 14.7. The molecule has 3 N–H and O–H groups in total. The van der Waals surface area contributed by atoms with Crippen LogP contribution in [0.2, 0.25) is 0 Å². The van der Waals surface area contributed by atoms with E-state index >= 15 is 0 Å². The Morgan fingerprint density at radius 1 is 1.33 bits per heavy atom. The largest absolute Gasteiger partial charge is 0.366 e. The molecule has 0 unspecified atom stereocenters. The summed E-state index contributed by atoms with van der Waals surface area (Å²) in [4.78, 5) is 27.8. The molecule has 2 aromatic rings. The highest BCUT2D eigenvalue weighted by atomic mass is 32.1. The molecule has 0 aliphatic heterocycles. The van der Waals surface area contributed by atoms with E-state index in [1.165, 1.54) is 29.7 Å². The first-order chi connectivity index (χ1) is 11.6. The first kappa shape index (κ1) is 16.6. The number of rotatable bonds is 5. The Labute approximate surface area is 143 Å². The molecule has 5 nitrogen and oxygen atoms in total. The third-order valence-corrected chi connectivity index (χ3v) is 5.07. The van der Waals surface area contributed by atoms with Gasteiger partial charge in [0, 0.05) is 18.0 Å². The molecule has 1 saturated carbocycles. The van der Waals surface area contributed by atoms with Gasteiger partial charge in [0.05, 0.1) is 16.8 Å². The second kappa shape index (κ2) is 7.09. The summed E-state index contributed by atoms with van der Waals surface area (Å²) in [6.45, 7) is 0. The van der Waals surface area contributed by atoms with E-state index in [-0.39, 0.29) is 22.7 Å². The van der Waals surface area contributed by atoms with Crippen molar-refractivity contribution < 1.29 is 14.0 Å². The van der Waals surface area contributed by atoms with Gasteiger partial charge in [-0.3, -0.25) is 9.59 Å². The molecule has 7 heteroatoms. The lowest BCUT2D eigenvalue weighted by atomic mass is 10.0. The van der Waals surface area contributed by atoms with E-state index in [0.717, 1.165) is 25.7 Å². The molecule has 0 atom stereocenters. The Kier molecular flexibility index (Phi) is 4.89. The van der Waals surface area contributed by atoms with Crippen LogP contribution < -0.4 is 11.1 Å². The molecule has 0 saturated heterocycles. The molecule has 3 rings (SSSR count). The third kappa shape index (κ3) is 3.46. The predicted molar refractivity (Wildman–Crippen MR) is 91.2 cm³/mol. The van der Waals surface area contributed by atoms with Crippen LogP contribution in [0.3, 0.4) is 0 Å². The lowest BCUT2D eigenvalue weighted by Gasteiger charge is -2.13. The number of nitrogens with one attached hydrogen (secondary N) is 1. The number of aromatic nitrogens is 1. The minimum absolute atomic E-state index is 0.0381. The van der Waals surface area contributed by atoms with Gasteiger partial charge in [0.15, 0.2) is 5.82 Å². The van der Waals surface area contributed by atoms with Gasteiger partial charge in [0.1, 0.15) is 5.01 Å². The maximum Gasteiger partial charge on any atom is 0.249 e. The lowest BCUT2D eigenvalue weighted by molar-refractivity contribution is -0.117. The van der Waals surface area contributed by atoms with Crippen molar-refractivity contribution in [3.8, 4) is 10.6 Å². The van der Waals surface area contributed by atoms with Crippen LogP contribution in [0.15, 0.2) is 23.7 Å². The summed E-state index contributed by atoms with van der Waals surface area (Å²) in [5.74, 6) is -1.25. The summed E-state index contributed by atoms with van der Waals surface area (Å²) in [5, 5.41) is 4.66. The monoisotopic (exact) mass is 347 g/mol. The summed E-state index contributed by atoms with van der Waals surface area (Å²) in [7, 11) is 0. The Hall–Kier alpha value is -2.28. The zero-order chi connectivity index (χ0) is 17.1. The van der Waals surface area contributed by atoms with Crippen molar-refractivity contribution in [3.63, 3.8) is 0 Å². The number of nitrogens with zero attached hydrogens (tertiary/aromatic N) is 1. The van der Waals surface area contributed by atoms with Gasteiger partial charge in [0.2, 0.25) is 11.8 Å². The summed E-state index contributed by atoms with van der Waals surface area (Å²) in [6.07, 6.45) is 6.29. The van der Waals surface area contributed by atoms with Crippen LogP contribution >= 0.6 is 11.3 Å². The van der Waals surface area contributed by atoms with Crippen molar-refractivity contribution in [1.29, 1.82) is 0 Å². The van der Waals surface area contributed by atoms with Gasteiger partial charge in [-0.15, -0.1) is 11.3 Å². The second-order valence-electron chi connectivity index (χ2n) is 5.95. The van der Waals surface area contributed by atoms with Gasteiger partial charge in [0.25, 0.3) is 0 Å². The van der Waals surface area contributed by atoms with E-state index in [1.807, 2.05) is 0 Å². The average molecular weight is 347 g/mol. The van der Waals surface area contributed by atoms with Crippen LogP contribution in [-0.4, -0.2) is 16.8 Å². The number of anilines is 1. The van der Waals surface area contributed by atoms with Gasteiger partial charge < -0.3 is 11.1 Å². The highest BCUT2D eigenvalue weighted by Gasteiger charge is 2.23. The van der Waals surface area contributed by atoms with Crippen LogP contribution in [0, 0.1) is 11.7 Å². The number of carbonyl (C=O) groups excluding carboxylic acids is 2. The molecule has 1 aromatic carbocycles. The van der Waals surface area contributed by atoms with Gasteiger partial charge in [-0.2, -0.15) is 0 Å². The van der Waals surface area contributed by atoms with Crippen LogP contribution in [-0.2, 0) is 4.79 Å². The summed E-state index contributed by atoms with van der Waals surface area (Å²) >= 11 is 1.20. The van der Waals surface area contributed by atoms with E-state index in [1.54, 1.807) is 5.38 Å². The van der Waals surface area contributed by atoms with Crippen LogP contribution in [0.5, 0.6) is 0 Å². The number of hydrogen-bond donors (Lipinski definition) is 2. The van der Waals surface area contributed by atoms with Crippen LogP contribution in [0.4, 0.5) is 10.1 Å². The zero-order valence-electron chi connectivity index (χ0n) is 13.0. The second-order valence-corrected chi connectivity index (χ2v) is 6.85. The van der Waals surface area contributed by atoms with Crippen molar-refractivity contribution >= 4 is 28.8 Å². The number of benzene rings is 1. The SMILES string of the molecule is NC(=O)c1ccc(NC(=O)CC2CCCC2)c(F)c1-c1nccs1. The minimum atomic E-state index is -0.733. The molecular formula is C17H18FN3O2S. The fourth-order valence-corrected chi connectivity index (χ4v) is 3.80. The van der Waals surface area contributed by atoms with E-state index in [2.05, 4.69) is 10.3 Å². The smallest absolute Gasteiger partial charge is 0.249 e. The Morgan fingerprint density at radius 2 is 2.08 bits per heavy atom. The molecule has 0 radical (unpaired) electrons. The quantitative estimate of drug-likeness (QED) is 0.867. The van der Waals surface area contributed by atoms with Gasteiger partial charge in [-0.25, -0.2) is 9.37 Å². The molecule has 1 aliphatic carbocycles. The van der Waals surface area contributed by atoms with E-state index in [4.69, 9.17) is 5.73 Å². The number of hydrogen-bond acceptors (Lipinski definition) is 4. The molecule has 1 aliphatic rings. The molecule has 1 fully saturated rings. The number of halogens is 1. The Bertz CT molecular complexity index is 755. The van der Waals surface area contributed by atoms with Crippen molar-refractivity contribution in [2.45, 2.75) is 32.1 Å². The first-order valence-electron chi connectivity index (χ1n) is 7.88. The zero-order valence-corrected chi connectivity index (χ0v) is 13.9. The topological polar surface area (TPSA) is 85.1 Å². The molecule has 24 heavy (non-hydrogen) atoms. The van der Waals surface area contributed by atoms with Crippen LogP contribution in [0.25, 0.3) is 10.6 Å². The highest BCUT2D eigenvalue weighted by molar-refractivity contribution is 7.13. The number of amides is 2. The molecular weight excluding hydrogens is 329 g/mol. The average Bonchev–Trinajstić information content (AvgIpc) is 3.22. The first-order valence-corrected chi connectivity index (χ1v) is 8.76. The van der Waals surface area contributed by atoms with Crippen LogP contribution in [0.1, 0.15) is 42.5 Å². The molecule has 1 aromatic heterocycles. The predicted octanol–water partition coefficient (Wildman–Crippen LogP) is 3.57. The maximum atomic E-state index is 14.9. The minimum Gasteiger partial charge on any atom is -0.366 e. The van der Waals surface area contributed by atoms with Gasteiger partial charge >= 0.3 is 0 Å². The van der Waals surface area contributed by atoms with Crippen molar-refractivity contribution in [1.82, 2.24) is 4.98 Å². The number of primary amides is 1. The van der Waals surface area contributed by atoms with E-state index in [0.29, 0.717) is 17.3 Å². The summed E-state index contributed by atoms with van der Waals surface area (Å²) in [5.41, 5.74) is 5.47. The van der Waals surface area contributed by atoms with Crippen molar-refractivity contribution in [3.05, 3.63) is 35.1 Å². The highest BCUT2D eigenvalue weighted by Crippen LogP contribution is 2.33. The molecule has 1 heterocycles. The molecule has 2 amide bonds. The summed E-state index contributed by atoms with van der Waals surface area (Å²) in [6, 6.07) is 2.80. The summed E-state index contributed by atoms with van der Waals surface area (Å²) < 4.78 is 14.9. The van der Waals surface area contributed by atoms with E-state index < -0.39 is 11.7 Å². The van der Waals surface area contributed by atoms with Gasteiger partial charge in [-0.1, -0.05) is 12.8 Å². The fourth-order valence-electron chi connectivity index (χ4n) is 3.11. The lowest BCUT2D eigenvalue weighted by Crippen LogP contribution is -2.18. The number of nitrogens with two attached hydrogens (primary N) is 1. The molecule has 0 bridgehead atoms. The molecule has 0 spiro atoms. The van der Waals surface area contributed by atoms with Crippen molar-refractivity contribution in [2.75, 3.05) is 5.32 Å². The van der Waals surface area contributed by atoms with Gasteiger partial charge in [-0.05, 0) is 30.9 Å². The number of carbonyl (C=O) groups is 2. The Balaban J connectivity index is 1.87. The fraction of sp³-hybridized carbons (Fsp3) is 0.353. The maximum absolute atomic E-state index is 14.9. The Morgan fingerprint density at radius 3 is 2.71 bits per heavy atom. The third-order valence-electron chi connectivity index (χ3n) is 4.28. The van der Waals surface area contributed by atoms with Crippen molar-refractivity contribution in [2.24, 2.45) is 11.7 Å². The van der Waals surface area contributed by atoms with E-state index in [9.17, 15) is 14.0 Å².